The lowest BCUT2D eigenvalue weighted by molar-refractivity contribution is 0.398. The first-order valence-corrected chi connectivity index (χ1v) is 6.98. The SMILES string of the molecule is COc1cc(C)ccc1C(Cc1cccc(F)c1Cl)NN. The number of halogens is 2. The molecule has 21 heavy (non-hydrogen) atoms. The molecular weight excluding hydrogens is 291 g/mol. The minimum absolute atomic E-state index is 0.129. The summed E-state index contributed by atoms with van der Waals surface area (Å²) in [5.74, 6) is 5.97. The number of hydrazine groups is 1. The molecule has 0 heterocycles. The molecule has 0 radical (unpaired) electrons. The van der Waals surface area contributed by atoms with Gasteiger partial charge in [0.25, 0.3) is 0 Å². The van der Waals surface area contributed by atoms with Crippen LogP contribution >= 0.6 is 11.6 Å². The topological polar surface area (TPSA) is 47.3 Å². The third kappa shape index (κ3) is 3.53. The molecule has 5 heteroatoms. The van der Waals surface area contributed by atoms with Gasteiger partial charge >= 0.3 is 0 Å². The van der Waals surface area contributed by atoms with Gasteiger partial charge in [-0.05, 0) is 36.6 Å². The lowest BCUT2D eigenvalue weighted by atomic mass is 9.97. The van der Waals surface area contributed by atoms with E-state index in [1.54, 1.807) is 19.2 Å². The van der Waals surface area contributed by atoms with Crippen molar-refractivity contribution in [1.29, 1.82) is 0 Å². The summed E-state index contributed by atoms with van der Waals surface area (Å²) >= 11 is 6.01. The van der Waals surface area contributed by atoms with E-state index in [1.165, 1.54) is 6.07 Å². The van der Waals surface area contributed by atoms with Crippen LogP contribution in [-0.4, -0.2) is 7.11 Å². The van der Waals surface area contributed by atoms with E-state index >= 15 is 0 Å². The van der Waals surface area contributed by atoms with Gasteiger partial charge in [0, 0.05) is 5.56 Å². The molecule has 0 aromatic heterocycles. The molecule has 2 rings (SSSR count). The maximum atomic E-state index is 13.5. The van der Waals surface area contributed by atoms with E-state index in [9.17, 15) is 4.39 Å². The standard InChI is InChI=1S/C16H18ClFN2O/c1-10-6-7-12(15(8-10)21-2)14(20-19)9-11-4-3-5-13(18)16(11)17/h3-8,14,20H,9,19H2,1-2H3. The molecule has 0 aliphatic carbocycles. The Bertz CT molecular complexity index is 634. The zero-order chi connectivity index (χ0) is 15.4. The Morgan fingerprint density at radius 3 is 2.76 bits per heavy atom. The fourth-order valence-corrected chi connectivity index (χ4v) is 2.49. The molecule has 0 saturated heterocycles. The zero-order valence-electron chi connectivity index (χ0n) is 12.0. The lowest BCUT2D eigenvalue weighted by Gasteiger charge is -2.20. The van der Waals surface area contributed by atoms with Crippen LogP contribution in [0.5, 0.6) is 5.75 Å². The molecule has 3 N–H and O–H groups in total. The molecule has 0 fully saturated rings. The van der Waals surface area contributed by atoms with Gasteiger partial charge in [-0.25, -0.2) is 4.39 Å². The Hall–Kier alpha value is -1.62. The quantitative estimate of drug-likeness (QED) is 0.656. The van der Waals surface area contributed by atoms with Crippen LogP contribution in [0.4, 0.5) is 4.39 Å². The molecule has 2 aromatic carbocycles. The Kier molecular flexibility index (Phi) is 5.17. The number of benzene rings is 2. The van der Waals surface area contributed by atoms with Crippen LogP contribution in [0.2, 0.25) is 5.02 Å². The van der Waals surface area contributed by atoms with Crippen LogP contribution < -0.4 is 16.0 Å². The number of hydrogen-bond donors (Lipinski definition) is 2. The Morgan fingerprint density at radius 1 is 1.33 bits per heavy atom. The van der Waals surface area contributed by atoms with Gasteiger partial charge in [-0.2, -0.15) is 0 Å². The average molecular weight is 309 g/mol. The number of rotatable bonds is 5. The van der Waals surface area contributed by atoms with Crippen molar-refractivity contribution in [3.63, 3.8) is 0 Å². The van der Waals surface area contributed by atoms with E-state index in [1.807, 2.05) is 25.1 Å². The summed E-state index contributed by atoms with van der Waals surface area (Å²) in [5.41, 5.74) is 5.44. The van der Waals surface area contributed by atoms with Crippen LogP contribution in [0.3, 0.4) is 0 Å². The third-order valence-corrected chi connectivity index (χ3v) is 3.84. The molecule has 0 aliphatic rings. The van der Waals surface area contributed by atoms with Crippen LogP contribution in [0.1, 0.15) is 22.7 Å². The van der Waals surface area contributed by atoms with E-state index in [0.29, 0.717) is 12.0 Å². The van der Waals surface area contributed by atoms with Crippen LogP contribution in [-0.2, 0) is 6.42 Å². The minimum Gasteiger partial charge on any atom is -0.496 e. The van der Waals surface area contributed by atoms with Gasteiger partial charge in [0.15, 0.2) is 0 Å². The van der Waals surface area contributed by atoms with Crippen molar-refractivity contribution < 1.29 is 9.13 Å². The summed E-state index contributed by atoms with van der Waals surface area (Å²) in [4.78, 5) is 0. The Balaban J connectivity index is 2.34. The van der Waals surface area contributed by atoms with Crippen molar-refractivity contribution in [2.75, 3.05) is 7.11 Å². The molecule has 0 spiro atoms. The second kappa shape index (κ2) is 6.89. The Morgan fingerprint density at radius 2 is 2.10 bits per heavy atom. The van der Waals surface area contributed by atoms with Crippen molar-refractivity contribution >= 4 is 11.6 Å². The molecule has 1 atom stereocenters. The summed E-state index contributed by atoms with van der Waals surface area (Å²) in [6.07, 6.45) is 0.465. The molecule has 0 amide bonds. The fraction of sp³-hybridized carbons (Fsp3) is 0.250. The van der Waals surface area contributed by atoms with Crippen LogP contribution in [0, 0.1) is 12.7 Å². The number of nitrogens with one attached hydrogen (secondary N) is 1. The van der Waals surface area contributed by atoms with E-state index in [-0.39, 0.29) is 11.1 Å². The van der Waals surface area contributed by atoms with E-state index in [2.05, 4.69) is 5.43 Å². The van der Waals surface area contributed by atoms with Crippen LogP contribution in [0.15, 0.2) is 36.4 Å². The van der Waals surface area contributed by atoms with Gasteiger partial charge in [0.05, 0.1) is 18.2 Å². The number of nitrogens with two attached hydrogens (primary N) is 1. The summed E-state index contributed by atoms with van der Waals surface area (Å²) in [6.45, 7) is 1.99. The predicted molar refractivity (Wildman–Crippen MR) is 82.9 cm³/mol. The van der Waals surface area contributed by atoms with Gasteiger partial charge < -0.3 is 4.74 Å². The van der Waals surface area contributed by atoms with Crippen molar-refractivity contribution in [2.45, 2.75) is 19.4 Å². The highest BCUT2D eigenvalue weighted by Gasteiger charge is 2.18. The maximum absolute atomic E-state index is 13.5. The van der Waals surface area contributed by atoms with Crippen molar-refractivity contribution in [3.05, 3.63) is 63.9 Å². The molecule has 2 aromatic rings. The average Bonchev–Trinajstić information content (AvgIpc) is 2.49. The first-order valence-electron chi connectivity index (χ1n) is 6.60. The zero-order valence-corrected chi connectivity index (χ0v) is 12.7. The van der Waals surface area contributed by atoms with E-state index < -0.39 is 5.82 Å². The van der Waals surface area contributed by atoms with E-state index in [0.717, 1.165) is 16.9 Å². The smallest absolute Gasteiger partial charge is 0.142 e. The predicted octanol–water partition coefficient (Wildman–Crippen LogP) is 3.54. The second-order valence-electron chi connectivity index (χ2n) is 4.88. The maximum Gasteiger partial charge on any atom is 0.142 e. The monoisotopic (exact) mass is 308 g/mol. The van der Waals surface area contributed by atoms with E-state index in [4.69, 9.17) is 22.2 Å². The number of methoxy groups -OCH3 is 1. The van der Waals surface area contributed by atoms with Crippen molar-refractivity contribution in [3.8, 4) is 5.75 Å². The van der Waals surface area contributed by atoms with Gasteiger partial charge in [-0.3, -0.25) is 11.3 Å². The third-order valence-electron chi connectivity index (χ3n) is 3.42. The van der Waals surface area contributed by atoms with Crippen molar-refractivity contribution in [2.24, 2.45) is 5.84 Å². The van der Waals surface area contributed by atoms with Gasteiger partial charge in [0.2, 0.25) is 0 Å². The minimum atomic E-state index is -0.430. The van der Waals surface area contributed by atoms with Gasteiger partial charge in [-0.1, -0.05) is 35.9 Å². The number of aryl methyl sites for hydroxylation is 1. The first kappa shape index (κ1) is 15.8. The number of hydrogen-bond acceptors (Lipinski definition) is 3. The summed E-state index contributed by atoms with van der Waals surface area (Å²) in [7, 11) is 1.61. The molecule has 0 saturated carbocycles. The highest BCUT2D eigenvalue weighted by atomic mass is 35.5. The van der Waals surface area contributed by atoms with Crippen molar-refractivity contribution in [1.82, 2.24) is 5.43 Å². The van der Waals surface area contributed by atoms with Crippen LogP contribution in [0.25, 0.3) is 0 Å². The highest BCUT2D eigenvalue weighted by molar-refractivity contribution is 6.31. The Labute approximate surface area is 128 Å². The second-order valence-corrected chi connectivity index (χ2v) is 5.26. The summed E-state index contributed by atoms with van der Waals surface area (Å²) < 4.78 is 18.9. The number of ether oxygens (including phenoxy) is 1. The molecule has 0 bridgehead atoms. The molecular formula is C16H18ClFN2O. The molecule has 3 nitrogen and oxygen atoms in total. The van der Waals surface area contributed by atoms with Gasteiger partial charge in [-0.15, -0.1) is 0 Å². The summed E-state index contributed by atoms with van der Waals surface area (Å²) in [5, 5.41) is 0.129. The largest absolute Gasteiger partial charge is 0.496 e. The van der Waals surface area contributed by atoms with Gasteiger partial charge in [0.1, 0.15) is 11.6 Å². The highest BCUT2D eigenvalue weighted by Crippen LogP contribution is 2.30. The molecule has 1 unspecified atom stereocenters. The molecule has 0 aliphatic heterocycles. The summed E-state index contributed by atoms with van der Waals surface area (Å²) in [6, 6.07) is 10.4. The molecule has 112 valence electrons. The first-order chi connectivity index (χ1) is 10.1. The normalized spacial score (nSPS) is 12.2. The lowest BCUT2D eigenvalue weighted by Crippen LogP contribution is -2.30. The fourth-order valence-electron chi connectivity index (χ4n) is 2.29.